The highest BCUT2D eigenvalue weighted by Crippen LogP contribution is 2.53. The van der Waals surface area contributed by atoms with Crippen LogP contribution in [0.1, 0.15) is 24.8 Å². The molecule has 1 N–H and O–H groups in total. The van der Waals surface area contributed by atoms with E-state index in [-0.39, 0.29) is 0 Å². The van der Waals surface area contributed by atoms with Gasteiger partial charge in [-0.1, -0.05) is 28.1 Å². The van der Waals surface area contributed by atoms with Gasteiger partial charge in [0.05, 0.1) is 0 Å². The van der Waals surface area contributed by atoms with Crippen molar-refractivity contribution in [3.05, 3.63) is 34.3 Å². The molecule has 1 saturated carbocycles. The molecule has 15 heavy (non-hydrogen) atoms. The highest BCUT2D eigenvalue weighted by Gasteiger charge is 2.46. The van der Waals surface area contributed by atoms with Gasteiger partial charge >= 0.3 is 0 Å². The zero-order chi connectivity index (χ0) is 10.3. The predicted octanol–water partition coefficient (Wildman–Crippen LogP) is 3.09. The van der Waals surface area contributed by atoms with E-state index in [4.69, 9.17) is 0 Å². The monoisotopic (exact) mass is 265 g/mol. The third kappa shape index (κ3) is 1.85. The minimum absolute atomic E-state index is 0.549. The fourth-order valence-electron chi connectivity index (χ4n) is 2.61. The summed E-state index contributed by atoms with van der Waals surface area (Å²) < 4.78 is 1.19. The van der Waals surface area contributed by atoms with E-state index in [2.05, 4.69) is 45.5 Å². The number of halogens is 1. The first-order chi connectivity index (χ1) is 7.28. The van der Waals surface area contributed by atoms with Crippen LogP contribution >= 0.6 is 15.9 Å². The average Bonchev–Trinajstić information content (AvgIpc) is 2.94. The van der Waals surface area contributed by atoms with Gasteiger partial charge in [-0.2, -0.15) is 0 Å². The van der Waals surface area contributed by atoms with Gasteiger partial charge in [0.1, 0.15) is 0 Å². The van der Waals surface area contributed by atoms with Crippen LogP contribution in [-0.2, 0) is 5.41 Å². The van der Waals surface area contributed by atoms with E-state index in [0.29, 0.717) is 5.41 Å². The number of nitrogens with one attached hydrogen (secondary N) is 1. The molecular weight excluding hydrogens is 250 g/mol. The van der Waals surface area contributed by atoms with Crippen molar-refractivity contribution in [3.8, 4) is 0 Å². The number of hydrogen-bond donors (Lipinski definition) is 1. The Balaban J connectivity index is 1.76. The van der Waals surface area contributed by atoms with Crippen molar-refractivity contribution in [2.75, 3.05) is 13.1 Å². The van der Waals surface area contributed by atoms with E-state index >= 15 is 0 Å². The maximum absolute atomic E-state index is 3.50. The van der Waals surface area contributed by atoms with E-state index in [1.54, 1.807) is 5.56 Å². The summed E-state index contributed by atoms with van der Waals surface area (Å²) in [7, 11) is 0. The SMILES string of the molecule is Brc1ccc(C2(CC3CNC3)CC2)cc1. The zero-order valence-electron chi connectivity index (χ0n) is 8.80. The second-order valence-electron chi connectivity index (χ2n) is 5.02. The van der Waals surface area contributed by atoms with Crippen molar-refractivity contribution in [2.45, 2.75) is 24.7 Å². The van der Waals surface area contributed by atoms with Crippen LogP contribution in [0, 0.1) is 5.92 Å². The Morgan fingerprint density at radius 2 is 1.87 bits per heavy atom. The van der Waals surface area contributed by atoms with E-state index in [1.807, 2.05) is 0 Å². The molecule has 1 heterocycles. The van der Waals surface area contributed by atoms with Gasteiger partial charge in [0.25, 0.3) is 0 Å². The van der Waals surface area contributed by atoms with Gasteiger partial charge in [-0.05, 0) is 61.4 Å². The van der Waals surface area contributed by atoms with Crippen molar-refractivity contribution >= 4 is 15.9 Å². The van der Waals surface area contributed by atoms with Crippen LogP contribution < -0.4 is 5.32 Å². The second-order valence-corrected chi connectivity index (χ2v) is 5.93. The fourth-order valence-corrected chi connectivity index (χ4v) is 2.87. The van der Waals surface area contributed by atoms with E-state index in [0.717, 1.165) is 5.92 Å². The lowest BCUT2D eigenvalue weighted by Gasteiger charge is -2.31. The molecule has 0 radical (unpaired) electrons. The van der Waals surface area contributed by atoms with Gasteiger partial charge in [0.2, 0.25) is 0 Å². The molecule has 0 amide bonds. The summed E-state index contributed by atoms with van der Waals surface area (Å²) in [5, 5.41) is 3.36. The molecule has 0 aromatic heterocycles. The van der Waals surface area contributed by atoms with E-state index < -0.39 is 0 Å². The molecule has 1 nitrogen and oxygen atoms in total. The third-order valence-electron chi connectivity index (χ3n) is 3.86. The lowest BCUT2D eigenvalue weighted by atomic mass is 9.83. The van der Waals surface area contributed by atoms with Gasteiger partial charge in [-0.15, -0.1) is 0 Å². The first-order valence-electron chi connectivity index (χ1n) is 5.75. The van der Waals surface area contributed by atoms with Crippen molar-refractivity contribution in [1.82, 2.24) is 5.32 Å². The largest absolute Gasteiger partial charge is 0.316 e. The Bertz CT molecular complexity index is 349. The summed E-state index contributed by atoms with van der Waals surface area (Å²) in [5.41, 5.74) is 2.10. The van der Waals surface area contributed by atoms with Crippen LogP contribution in [0.2, 0.25) is 0 Å². The molecule has 1 aliphatic heterocycles. The predicted molar refractivity (Wildman–Crippen MR) is 66.0 cm³/mol. The van der Waals surface area contributed by atoms with Crippen LogP contribution in [0.4, 0.5) is 0 Å². The molecule has 3 rings (SSSR count). The Hall–Kier alpha value is -0.340. The normalized spacial score (nSPS) is 23.5. The highest BCUT2D eigenvalue weighted by atomic mass is 79.9. The summed E-state index contributed by atoms with van der Waals surface area (Å²) in [6.07, 6.45) is 4.18. The van der Waals surface area contributed by atoms with E-state index in [1.165, 1.54) is 36.8 Å². The van der Waals surface area contributed by atoms with Gasteiger partial charge in [0, 0.05) is 4.47 Å². The Morgan fingerprint density at radius 1 is 1.20 bits per heavy atom. The molecule has 0 unspecified atom stereocenters. The Labute approximate surface area is 99.4 Å². The van der Waals surface area contributed by atoms with Crippen molar-refractivity contribution in [3.63, 3.8) is 0 Å². The molecular formula is C13H16BrN. The quantitative estimate of drug-likeness (QED) is 0.886. The summed E-state index contributed by atoms with van der Waals surface area (Å²) in [6.45, 7) is 2.47. The topological polar surface area (TPSA) is 12.0 Å². The van der Waals surface area contributed by atoms with Gasteiger partial charge in [-0.3, -0.25) is 0 Å². The molecule has 1 aromatic carbocycles. The van der Waals surface area contributed by atoms with Gasteiger partial charge in [0.15, 0.2) is 0 Å². The second kappa shape index (κ2) is 3.60. The third-order valence-corrected chi connectivity index (χ3v) is 4.38. The van der Waals surface area contributed by atoms with Gasteiger partial charge < -0.3 is 5.32 Å². The van der Waals surface area contributed by atoms with Crippen LogP contribution in [0.15, 0.2) is 28.7 Å². The van der Waals surface area contributed by atoms with E-state index in [9.17, 15) is 0 Å². The molecule has 2 fully saturated rings. The minimum Gasteiger partial charge on any atom is -0.316 e. The molecule has 80 valence electrons. The van der Waals surface area contributed by atoms with Crippen LogP contribution in [0.5, 0.6) is 0 Å². The molecule has 1 aliphatic carbocycles. The summed E-state index contributed by atoms with van der Waals surface area (Å²) in [5.74, 6) is 0.927. The Morgan fingerprint density at radius 3 is 2.33 bits per heavy atom. The van der Waals surface area contributed by atoms with Crippen molar-refractivity contribution < 1.29 is 0 Å². The first kappa shape index (κ1) is 9.86. The molecule has 1 saturated heterocycles. The lowest BCUT2D eigenvalue weighted by Crippen LogP contribution is -2.43. The van der Waals surface area contributed by atoms with Crippen LogP contribution in [0.3, 0.4) is 0 Å². The zero-order valence-corrected chi connectivity index (χ0v) is 10.4. The Kier molecular flexibility index (Phi) is 2.37. The standard InChI is InChI=1S/C13H16BrN/c14-12-3-1-11(2-4-12)13(5-6-13)7-10-8-15-9-10/h1-4,10,15H,5-9H2. The maximum atomic E-state index is 3.50. The van der Waals surface area contributed by atoms with Gasteiger partial charge in [-0.25, -0.2) is 0 Å². The van der Waals surface area contributed by atoms with Crippen molar-refractivity contribution in [2.24, 2.45) is 5.92 Å². The lowest BCUT2D eigenvalue weighted by molar-refractivity contribution is 0.298. The number of rotatable bonds is 3. The molecule has 0 bridgehead atoms. The number of hydrogen-bond acceptors (Lipinski definition) is 1. The number of benzene rings is 1. The smallest absolute Gasteiger partial charge is 0.0175 e. The molecule has 2 aliphatic rings. The molecule has 0 spiro atoms. The molecule has 2 heteroatoms. The first-order valence-corrected chi connectivity index (χ1v) is 6.55. The summed E-state index contributed by atoms with van der Waals surface area (Å²) in [4.78, 5) is 0. The van der Waals surface area contributed by atoms with Crippen LogP contribution in [-0.4, -0.2) is 13.1 Å². The maximum Gasteiger partial charge on any atom is 0.0175 e. The van der Waals surface area contributed by atoms with Crippen molar-refractivity contribution in [1.29, 1.82) is 0 Å². The average molecular weight is 266 g/mol. The minimum atomic E-state index is 0.549. The highest BCUT2D eigenvalue weighted by molar-refractivity contribution is 9.10. The molecule has 1 aromatic rings. The molecule has 0 atom stereocenters. The van der Waals surface area contributed by atoms with Crippen LogP contribution in [0.25, 0.3) is 0 Å². The summed E-state index contributed by atoms with van der Waals surface area (Å²) >= 11 is 3.50. The summed E-state index contributed by atoms with van der Waals surface area (Å²) in [6, 6.07) is 8.94. The fraction of sp³-hybridized carbons (Fsp3) is 0.538.